The van der Waals surface area contributed by atoms with Crippen LogP contribution >= 0.6 is 0 Å². The Morgan fingerprint density at radius 2 is 2.15 bits per heavy atom. The van der Waals surface area contributed by atoms with Crippen molar-refractivity contribution in [3.8, 4) is 0 Å². The number of anilines is 2. The van der Waals surface area contributed by atoms with E-state index in [1.54, 1.807) is 6.07 Å². The Morgan fingerprint density at radius 3 is 2.90 bits per heavy atom. The third-order valence-corrected chi connectivity index (χ3v) is 4.46. The summed E-state index contributed by atoms with van der Waals surface area (Å²) in [4.78, 5) is 20.9. The van der Waals surface area contributed by atoms with Crippen LogP contribution in [0.25, 0.3) is 10.9 Å². The molecule has 3 N–H and O–H groups in total. The lowest BCUT2D eigenvalue weighted by Crippen LogP contribution is -2.38. The summed E-state index contributed by atoms with van der Waals surface area (Å²) in [6, 6.07) is 3.67. The SMILES string of the molecule is CC1CCN(c2cc3nc[nH]c(=O)c3cc2N)CC1C. The monoisotopic (exact) mass is 272 g/mol. The largest absolute Gasteiger partial charge is 0.397 e. The van der Waals surface area contributed by atoms with E-state index in [0.717, 1.165) is 24.7 Å². The molecular formula is C15H20N4O. The van der Waals surface area contributed by atoms with Gasteiger partial charge >= 0.3 is 0 Å². The Labute approximate surface area is 117 Å². The lowest BCUT2D eigenvalue weighted by atomic mass is 9.88. The molecular weight excluding hydrogens is 252 g/mol. The van der Waals surface area contributed by atoms with Crippen LogP contribution in [0.5, 0.6) is 0 Å². The summed E-state index contributed by atoms with van der Waals surface area (Å²) in [5.41, 5.74) is 8.34. The van der Waals surface area contributed by atoms with E-state index < -0.39 is 0 Å². The number of fused-ring (bicyclic) bond motifs is 1. The lowest BCUT2D eigenvalue weighted by molar-refractivity contribution is 0.324. The molecule has 106 valence electrons. The van der Waals surface area contributed by atoms with Crippen molar-refractivity contribution in [2.75, 3.05) is 23.7 Å². The van der Waals surface area contributed by atoms with Gasteiger partial charge in [-0.3, -0.25) is 4.79 Å². The van der Waals surface area contributed by atoms with Crippen molar-refractivity contribution in [1.82, 2.24) is 9.97 Å². The predicted molar refractivity (Wildman–Crippen MR) is 81.9 cm³/mol. The highest BCUT2D eigenvalue weighted by molar-refractivity contribution is 5.88. The van der Waals surface area contributed by atoms with Gasteiger partial charge in [0.05, 0.1) is 28.6 Å². The first kappa shape index (κ1) is 13.0. The third kappa shape index (κ3) is 2.13. The molecule has 1 saturated heterocycles. The van der Waals surface area contributed by atoms with Gasteiger partial charge in [-0.05, 0) is 30.4 Å². The second-order valence-electron chi connectivity index (χ2n) is 5.85. The van der Waals surface area contributed by atoms with Crippen LogP contribution in [0.3, 0.4) is 0 Å². The minimum atomic E-state index is -0.145. The molecule has 2 unspecified atom stereocenters. The van der Waals surface area contributed by atoms with E-state index in [0.29, 0.717) is 22.5 Å². The fourth-order valence-electron chi connectivity index (χ4n) is 2.88. The number of nitrogens with zero attached hydrogens (tertiary/aromatic N) is 2. The van der Waals surface area contributed by atoms with Crippen LogP contribution < -0.4 is 16.2 Å². The Hall–Kier alpha value is -2.04. The van der Waals surface area contributed by atoms with Crippen molar-refractivity contribution in [2.45, 2.75) is 20.3 Å². The van der Waals surface area contributed by atoms with E-state index >= 15 is 0 Å². The van der Waals surface area contributed by atoms with Crippen LogP contribution in [0.4, 0.5) is 11.4 Å². The van der Waals surface area contributed by atoms with E-state index in [-0.39, 0.29) is 5.56 Å². The van der Waals surface area contributed by atoms with Gasteiger partial charge in [0.15, 0.2) is 0 Å². The molecule has 1 aliphatic rings. The second-order valence-corrected chi connectivity index (χ2v) is 5.85. The molecule has 0 saturated carbocycles. The normalized spacial score (nSPS) is 23.2. The molecule has 1 aliphatic heterocycles. The van der Waals surface area contributed by atoms with Crippen molar-refractivity contribution >= 4 is 22.3 Å². The number of piperidine rings is 1. The van der Waals surface area contributed by atoms with Gasteiger partial charge in [-0.2, -0.15) is 0 Å². The number of nitrogen functional groups attached to an aromatic ring is 1. The zero-order valence-corrected chi connectivity index (χ0v) is 11.9. The average molecular weight is 272 g/mol. The number of H-pyrrole nitrogens is 1. The summed E-state index contributed by atoms with van der Waals surface area (Å²) in [6.07, 6.45) is 2.60. The Bertz CT molecular complexity index is 694. The van der Waals surface area contributed by atoms with Crippen LogP contribution in [0.1, 0.15) is 20.3 Å². The molecule has 2 heterocycles. The summed E-state index contributed by atoms with van der Waals surface area (Å²) in [6.45, 7) is 6.58. The highest BCUT2D eigenvalue weighted by Crippen LogP contribution is 2.32. The molecule has 0 aliphatic carbocycles. The maximum atomic E-state index is 11.7. The number of nitrogens with one attached hydrogen (secondary N) is 1. The van der Waals surface area contributed by atoms with Gasteiger partial charge in [0.1, 0.15) is 0 Å². The highest BCUT2D eigenvalue weighted by Gasteiger charge is 2.24. The van der Waals surface area contributed by atoms with E-state index in [9.17, 15) is 4.79 Å². The molecule has 2 aromatic rings. The van der Waals surface area contributed by atoms with Gasteiger partial charge in [-0.1, -0.05) is 13.8 Å². The fraction of sp³-hybridized carbons (Fsp3) is 0.467. The third-order valence-electron chi connectivity index (χ3n) is 4.46. The van der Waals surface area contributed by atoms with Gasteiger partial charge in [-0.25, -0.2) is 4.98 Å². The first-order valence-electron chi connectivity index (χ1n) is 7.08. The van der Waals surface area contributed by atoms with E-state index in [1.165, 1.54) is 12.7 Å². The van der Waals surface area contributed by atoms with Gasteiger partial charge in [0.2, 0.25) is 0 Å². The first-order chi connectivity index (χ1) is 9.56. The molecule has 0 spiro atoms. The molecule has 1 aromatic heterocycles. The quantitative estimate of drug-likeness (QED) is 0.778. The molecule has 5 nitrogen and oxygen atoms in total. The van der Waals surface area contributed by atoms with Crippen molar-refractivity contribution in [2.24, 2.45) is 11.8 Å². The van der Waals surface area contributed by atoms with E-state index in [4.69, 9.17) is 5.73 Å². The summed E-state index contributed by atoms with van der Waals surface area (Å²) in [5.74, 6) is 1.39. The molecule has 5 heteroatoms. The number of hydrogen-bond acceptors (Lipinski definition) is 4. The molecule has 2 atom stereocenters. The van der Waals surface area contributed by atoms with Crippen molar-refractivity contribution in [3.63, 3.8) is 0 Å². The zero-order valence-electron chi connectivity index (χ0n) is 11.9. The number of rotatable bonds is 1. The van der Waals surface area contributed by atoms with E-state index in [1.807, 2.05) is 6.07 Å². The zero-order chi connectivity index (χ0) is 14.3. The van der Waals surface area contributed by atoms with E-state index in [2.05, 4.69) is 28.7 Å². The Morgan fingerprint density at radius 1 is 1.35 bits per heavy atom. The predicted octanol–water partition coefficient (Wildman–Crippen LogP) is 1.99. The van der Waals surface area contributed by atoms with Crippen molar-refractivity contribution in [1.29, 1.82) is 0 Å². The minimum Gasteiger partial charge on any atom is -0.397 e. The molecule has 0 radical (unpaired) electrons. The second kappa shape index (κ2) is 4.81. The number of aromatic nitrogens is 2. The maximum absolute atomic E-state index is 11.7. The number of nitrogens with two attached hydrogens (primary N) is 1. The molecule has 3 rings (SSSR count). The van der Waals surface area contributed by atoms with Gasteiger partial charge in [0.25, 0.3) is 5.56 Å². The molecule has 1 fully saturated rings. The molecule has 20 heavy (non-hydrogen) atoms. The first-order valence-corrected chi connectivity index (χ1v) is 7.08. The van der Waals surface area contributed by atoms with Crippen LogP contribution in [-0.2, 0) is 0 Å². The smallest absolute Gasteiger partial charge is 0.258 e. The van der Waals surface area contributed by atoms with Gasteiger partial charge in [0, 0.05) is 13.1 Å². The molecule has 1 aromatic carbocycles. The van der Waals surface area contributed by atoms with Crippen LogP contribution in [0.15, 0.2) is 23.3 Å². The highest BCUT2D eigenvalue weighted by atomic mass is 16.1. The number of benzene rings is 1. The van der Waals surface area contributed by atoms with Gasteiger partial charge < -0.3 is 15.6 Å². The average Bonchev–Trinajstić information content (AvgIpc) is 2.42. The maximum Gasteiger partial charge on any atom is 0.258 e. The standard InChI is InChI=1S/C15H20N4O/c1-9-3-4-19(7-10(9)2)14-6-13-11(5-12(14)16)15(20)18-8-17-13/h5-6,8-10H,3-4,7,16H2,1-2H3,(H,17,18,20). The minimum absolute atomic E-state index is 0.145. The lowest BCUT2D eigenvalue weighted by Gasteiger charge is -2.37. The molecule has 0 bridgehead atoms. The summed E-state index contributed by atoms with van der Waals surface area (Å²) < 4.78 is 0. The van der Waals surface area contributed by atoms with Crippen molar-refractivity contribution in [3.05, 3.63) is 28.8 Å². The van der Waals surface area contributed by atoms with Crippen molar-refractivity contribution < 1.29 is 0 Å². The summed E-state index contributed by atoms with van der Waals surface area (Å²) in [5, 5.41) is 0.548. The Balaban J connectivity index is 2.04. The molecule has 0 amide bonds. The van der Waals surface area contributed by atoms with Gasteiger partial charge in [-0.15, -0.1) is 0 Å². The fourth-order valence-corrected chi connectivity index (χ4v) is 2.88. The summed E-state index contributed by atoms with van der Waals surface area (Å²) in [7, 11) is 0. The number of aromatic amines is 1. The Kier molecular flexibility index (Phi) is 3.12. The number of hydrogen-bond donors (Lipinski definition) is 2. The van der Waals surface area contributed by atoms with Crippen LogP contribution in [-0.4, -0.2) is 23.1 Å². The topological polar surface area (TPSA) is 75.0 Å². The van der Waals surface area contributed by atoms with Crippen LogP contribution in [0.2, 0.25) is 0 Å². The van der Waals surface area contributed by atoms with Crippen LogP contribution in [0, 0.1) is 11.8 Å². The summed E-state index contributed by atoms with van der Waals surface area (Å²) >= 11 is 0.